The van der Waals surface area contributed by atoms with Gasteiger partial charge in [0.05, 0.1) is 11.4 Å². The van der Waals surface area contributed by atoms with Gasteiger partial charge in [-0.25, -0.2) is 4.98 Å². The van der Waals surface area contributed by atoms with Crippen LogP contribution in [0.3, 0.4) is 0 Å². The smallest absolute Gasteiger partial charge is 0.237 e. The molecule has 0 bridgehead atoms. The summed E-state index contributed by atoms with van der Waals surface area (Å²) in [5.41, 5.74) is 0.730. The summed E-state index contributed by atoms with van der Waals surface area (Å²) in [7, 11) is 0. The van der Waals surface area contributed by atoms with Crippen LogP contribution in [0.4, 0.5) is 5.88 Å². The Labute approximate surface area is 126 Å². The molecule has 8 heteroatoms. The van der Waals surface area contributed by atoms with Gasteiger partial charge < -0.3 is 4.52 Å². The molecule has 1 saturated carbocycles. The molecule has 0 aliphatic heterocycles. The van der Waals surface area contributed by atoms with Gasteiger partial charge in [0.25, 0.3) is 0 Å². The van der Waals surface area contributed by atoms with Crippen molar-refractivity contribution in [2.24, 2.45) is 0 Å². The van der Waals surface area contributed by atoms with Crippen LogP contribution in [0, 0.1) is 6.92 Å². The van der Waals surface area contributed by atoms with E-state index in [4.69, 9.17) is 4.52 Å². The zero-order chi connectivity index (χ0) is 14.7. The average molecular weight is 307 g/mol. The molecule has 3 rings (SSSR count). The lowest BCUT2D eigenvalue weighted by Gasteiger charge is -2.01. The summed E-state index contributed by atoms with van der Waals surface area (Å²) in [4.78, 5) is 16.2. The van der Waals surface area contributed by atoms with Gasteiger partial charge in [-0.05, 0) is 19.8 Å². The predicted molar refractivity (Wildman–Crippen MR) is 78.2 cm³/mol. The Hall–Kier alpha value is -1.83. The highest BCUT2D eigenvalue weighted by Crippen LogP contribution is 2.32. The number of aryl methyl sites for hydroxylation is 1. The number of carbonyl (C=O) groups excluding carboxylic acids is 1. The first kappa shape index (κ1) is 14.1. The van der Waals surface area contributed by atoms with Crippen LogP contribution in [-0.4, -0.2) is 32.0 Å². The van der Waals surface area contributed by atoms with E-state index in [1.54, 1.807) is 13.0 Å². The van der Waals surface area contributed by atoms with Gasteiger partial charge in [0, 0.05) is 12.0 Å². The monoisotopic (exact) mass is 307 g/mol. The molecule has 1 fully saturated rings. The summed E-state index contributed by atoms with van der Waals surface area (Å²) in [6.07, 6.45) is 4.86. The molecule has 21 heavy (non-hydrogen) atoms. The molecular formula is C13H17N5O2S. The second kappa shape index (κ2) is 6.30. The molecule has 1 amide bonds. The van der Waals surface area contributed by atoms with Gasteiger partial charge in [0.1, 0.15) is 5.82 Å². The highest BCUT2D eigenvalue weighted by atomic mass is 32.2. The Morgan fingerprint density at radius 1 is 1.52 bits per heavy atom. The van der Waals surface area contributed by atoms with Gasteiger partial charge in [-0.15, -0.1) is 5.10 Å². The van der Waals surface area contributed by atoms with Gasteiger partial charge in [-0.1, -0.05) is 29.8 Å². The number of rotatable bonds is 5. The van der Waals surface area contributed by atoms with Crippen LogP contribution in [0.5, 0.6) is 0 Å². The fourth-order valence-corrected chi connectivity index (χ4v) is 3.04. The minimum Gasteiger partial charge on any atom is -0.338 e. The first-order valence-corrected chi connectivity index (χ1v) is 7.97. The van der Waals surface area contributed by atoms with Crippen molar-refractivity contribution in [2.45, 2.75) is 43.7 Å². The number of thioether (sulfide) groups is 1. The van der Waals surface area contributed by atoms with Crippen LogP contribution in [0.1, 0.15) is 43.1 Å². The zero-order valence-electron chi connectivity index (χ0n) is 11.8. The molecule has 112 valence electrons. The molecule has 2 aromatic heterocycles. The average Bonchev–Trinajstić information content (AvgIpc) is 3.17. The fourth-order valence-electron chi connectivity index (χ4n) is 2.43. The Bertz CT molecular complexity index is 618. The van der Waals surface area contributed by atoms with Crippen LogP contribution >= 0.6 is 11.8 Å². The lowest BCUT2D eigenvalue weighted by Crippen LogP contribution is -2.13. The van der Waals surface area contributed by atoms with Crippen molar-refractivity contribution in [3.63, 3.8) is 0 Å². The maximum atomic E-state index is 11.8. The third kappa shape index (κ3) is 3.63. The number of carbonyl (C=O) groups is 1. The van der Waals surface area contributed by atoms with E-state index < -0.39 is 0 Å². The fraction of sp³-hybridized carbons (Fsp3) is 0.538. The maximum Gasteiger partial charge on any atom is 0.237 e. The van der Waals surface area contributed by atoms with E-state index in [1.807, 2.05) is 0 Å². The van der Waals surface area contributed by atoms with Gasteiger partial charge in [-0.2, -0.15) is 0 Å². The number of hydrogen-bond donors (Lipinski definition) is 2. The number of aromatic amines is 1. The third-order valence-corrected chi connectivity index (χ3v) is 4.29. The van der Waals surface area contributed by atoms with Crippen LogP contribution in [0.25, 0.3) is 0 Å². The van der Waals surface area contributed by atoms with E-state index in [1.165, 1.54) is 37.4 Å². The summed E-state index contributed by atoms with van der Waals surface area (Å²) in [6, 6.07) is 1.67. The topological polar surface area (TPSA) is 96.7 Å². The molecule has 0 radical (unpaired) electrons. The zero-order valence-corrected chi connectivity index (χ0v) is 12.6. The highest BCUT2D eigenvalue weighted by Gasteiger charge is 2.20. The first-order chi connectivity index (χ1) is 10.2. The Morgan fingerprint density at radius 2 is 2.33 bits per heavy atom. The number of nitrogens with zero attached hydrogens (tertiary/aromatic N) is 3. The largest absolute Gasteiger partial charge is 0.338 e. The highest BCUT2D eigenvalue weighted by molar-refractivity contribution is 7.99. The van der Waals surface area contributed by atoms with E-state index in [9.17, 15) is 4.79 Å². The second-order valence-corrected chi connectivity index (χ2v) is 6.10. The number of hydrogen-bond acceptors (Lipinski definition) is 6. The second-order valence-electron chi connectivity index (χ2n) is 5.15. The molecule has 7 nitrogen and oxygen atoms in total. The van der Waals surface area contributed by atoms with Crippen molar-refractivity contribution < 1.29 is 9.32 Å². The number of amides is 1. The van der Waals surface area contributed by atoms with Crippen molar-refractivity contribution in [1.82, 2.24) is 20.3 Å². The summed E-state index contributed by atoms with van der Waals surface area (Å²) in [5.74, 6) is 1.88. The van der Waals surface area contributed by atoms with E-state index in [2.05, 4.69) is 25.7 Å². The van der Waals surface area contributed by atoms with Crippen molar-refractivity contribution in [3.05, 3.63) is 17.6 Å². The molecule has 0 aromatic carbocycles. The van der Waals surface area contributed by atoms with Gasteiger partial charge >= 0.3 is 0 Å². The minimum atomic E-state index is -0.164. The van der Waals surface area contributed by atoms with E-state index in [-0.39, 0.29) is 11.7 Å². The normalized spacial score (nSPS) is 15.5. The maximum absolute atomic E-state index is 11.8. The minimum absolute atomic E-state index is 0.164. The Balaban J connectivity index is 1.49. The van der Waals surface area contributed by atoms with E-state index >= 15 is 0 Å². The quantitative estimate of drug-likeness (QED) is 0.824. The summed E-state index contributed by atoms with van der Waals surface area (Å²) in [5, 5.41) is 14.1. The molecule has 1 aliphatic rings. The van der Waals surface area contributed by atoms with Crippen molar-refractivity contribution in [2.75, 3.05) is 11.1 Å². The number of aromatic nitrogens is 4. The van der Waals surface area contributed by atoms with Crippen molar-refractivity contribution >= 4 is 23.6 Å². The molecular weight excluding hydrogens is 290 g/mol. The molecule has 2 heterocycles. The molecule has 0 saturated heterocycles. The van der Waals surface area contributed by atoms with Gasteiger partial charge in [0.15, 0.2) is 0 Å². The Kier molecular flexibility index (Phi) is 4.23. The van der Waals surface area contributed by atoms with Crippen molar-refractivity contribution in [3.8, 4) is 0 Å². The molecule has 0 unspecified atom stereocenters. The van der Waals surface area contributed by atoms with Crippen LogP contribution in [0.15, 0.2) is 15.7 Å². The number of anilines is 1. The van der Waals surface area contributed by atoms with Crippen LogP contribution in [0.2, 0.25) is 0 Å². The molecule has 2 aromatic rings. The third-order valence-electron chi connectivity index (χ3n) is 3.45. The SMILES string of the molecule is Cc1cc(NC(=O)CSc2n[nH]c(C3CCCC3)n2)on1. The number of H-pyrrole nitrogens is 1. The summed E-state index contributed by atoms with van der Waals surface area (Å²) in [6.45, 7) is 1.80. The predicted octanol–water partition coefficient (Wildman–Crippen LogP) is 2.49. The first-order valence-electron chi connectivity index (χ1n) is 6.99. The lowest BCUT2D eigenvalue weighted by molar-refractivity contribution is -0.113. The standard InChI is InChI=1S/C13H17N5O2S/c1-8-6-11(20-18-8)14-10(19)7-21-13-15-12(16-17-13)9-4-2-3-5-9/h6,9H,2-5,7H2,1H3,(H,14,19)(H,15,16,17). The number of nitrogens with one attached hydrogen (secondary N) is 2. The Morgan fingerprint density at radius 3 is 3.05 bits per heavy atom. The lowest BCUT2D eigenvalue weighted by atomic mass is 10.1. The molecule has 2 N–H and O–H groups in total. The van der Waals surface area contributed by atoms with E-state index in [0.717, 1.165) is 11.5 Å². The molecule has 1 aliphatic carbocycles. The molecule has 0 atom stereocenters. The summed E-state index contributed by atoms with van der Waals surface area (Å²) < 4.78 is 4.93. The van der Waals surface area contributed by atoms with Gasteiger partial charge in [-0.3, -0.25) is 15.2 Å². The van der Waals surface area contributed by atoms with E-state index in [0.29, 0.717) is 17.0 Å². The van der Waals surface area contributed by atoms with Crippen LogP contribution < -0.4 is 5.32 Å². The summed E-state index contributed by atoms with van der Waals surface area (Å²) >= 11 is 1.31. The van der Waals surface area contributed by atoms with Crippen molar-refractivity contribution in [1.29, 1.82) is 0 Å². The molecule has 0 spiro atoms. The van der Waals surface area contributed by atoms with Gasteiger partial charge in [0.2, 0.25) is 16.9 Å². The van der Waals surface area contributed by atoms with Crippen LogP contribution in [-0.2, 0) is 4.79 Å².